The maximum absolute atomic E-state index is 9.10. The molecule has 0 aliphatic carbocycles. The molecule has 1 fully saturated rings. The highest BCUT2D eigenvalue weighted by Gasteiger charge is 2.26. The van der Waals surface area contributed by atoms with E-state index >= 15 is 0 Å². The number of carboxylic acids is 2. The second kappa shape index (κ2) is 16.5. The molecule has 0 bridgehead atoms. The van der Waals surface area contributed by atoms with E-state index in [9.17, 15) is 0 Å². The van der Waals surface area contributed by atoms with Crippen molar-refractivity contribution in [2.24, 2.45) is 9.98 Å². The van der Waals surface area contributed by atoms with Crippen molar-refractivity contribution in [1.82, 2.24) is 16.0 Å². The third-order valence-electron chi connectivity index (χ3n) is 5.08. The highest BCUT2D eigenvalue weighted by atomic mass is 16.4. The summed E-state index contributed by atoms with van der Waals surface area (Å²) in [7, 11) is 0. The molecule has 9 nitrogen and oxygen atoms in total. The summed E-state index contributed by atoms with van der Waals surface area (Å²) in [4.78, 5) is 27.6. The molecule has 1 aromatic rings. The van der Waals surface area contributed by atoms with Gasteiger partial charge < -0.3 is 20.8 Å². The second-order valence-corrected chi connectivity index (χ2v) is 8.82. The van der Waals surface area contributed by atoms with E-state index in [1.807, 2.05) is 18.2 Å². The minimum absolute atomic E-state index is 0.266. The van der Waals surface area contributed by atoms with Crippen molar-refractivity contribution in [3.05, 3.63) is 35.9 Å². The standard InChI is InChI=1S/C23H39N5.C2H2O4/c1-4-5-6-7-8-9-10-11-15-18-24-21-26-22(28-23(2,3)27-21)25-19-20-16-13-12-14-17-20;3-1(4)2(5)6/h12-14,16-17H,4-11,15,18-19H2,1-3H3,(H3,24,25,26,27,28);(H,3,4)(H,5,6). The number of carbonyl (C=O) groups is 2. The van der Waals surface area contributed by atoms with Gasteiger partial charge in [0, 0.05) is 6.54 Å². The molecule has 0 saturated carbocycles. The van der Waals surface area contributed by atoms with Gasteiger partial charge in [-0.3, -0.25) is 10.3 Å². The largest absolute Gasteiger partial charge is 0.473 e. The first kappa shape index (κ1) is 28.9. The molecule has 0 amide bonds. The smallest absolute Gasteiger partial charge is 0.414 e. The SMILES string of the molecule is CCCCCCCCCCCN=C1NC(=NCc2ccccc2)NC(C)(C)N1.O=C(O)C(=O)O. The zero-order valence-corrected chi connectivity index (χ0v) is 20.8. The van der Waals surface area contributed by atoms with Crippen molar-refractivity contribution < 1.29 is 19.8 Å². The van der Waals surface area contributed by atoms with Crippen molar-refractivity contribution in [3.8, 4) is 0 Å². The van der Waals surface area contributed by atoms with Crippen LogP contribution in [0, 0.1) is 0 Å². The number of aliphatic carboxylic acids is 2. The number of nitrogens with zero attached hydrogens (tertiary/aromatic N) is 2. The molecule has 1 aromatic carbocycles. The van der Waals surface area contributed by atoms with E-state index in [0.29, 0.717) is 6.54 Å². The fourth-order valence-electron chi connectivity index (χ4n) is 3.32. The van der Waals surface area contributed by atoms with Gasteiger partial charge in [-0.2, -0.15) is 0 Å². The van der Waals surface area contributed by atoms with Crippen molar-refractivity contribution in [2.75, 3.05) is 6.54 Å². The topological polar surface area (TPSA) is 135 Å². The van der Waals surface area contributed by atoms with Crippen molar-refractivity contribution in [1.29, 1.82) is 0 Å². The first-order chi connectivity index (χ1) is 16.2. The second-order valence-electron chi connectivity index (χ2n) is 8.82. The van der Waals surface area contributed by atoms with E-state index in [-0.39, 0.29) is 5.66 Å². The van der Waals surface area contributed by atoms with Crippen LogP contribution in [0.15, 0.2) is 40.3 Å². The quantitative estimate of drug-likeness (QED) is 0.227. The first-order valence-corrected chi connectivity index (χ1v) is 12.2. The molecule has 0 unspecified atom stereocenters. The maximum atomic E-state index is 9.10. The van der Waals surface area contributed by atoms with Crippen LogP contribution < -0.4 is 16.0 Å². The molecule has 0 atom stereocenters. The van der Waals surface area contributed by atoms with Crippen LogP contribution in [0.1, 0.15) is 84.1 Å². The summed E-state index contributed by atoms with van der Waals surface area (Å²) >= 11 is 0. The third kappa shape index (κ3) is 14.1. The Hall–Kier alpha value is -3.10. The maximum Gasteiger partial charge on any atom is 0.414 e. The number of carboxylic acid groups (broad SMARTS) is 2. The Balaban J connectivity index is 0.000000852. The van der Waals surface area contributed by atoms with Gasteiger partial charge in [0.25, 0.3) is 0 Å². The van der Waals surface area contributed by atoms with Crippen LogP contribution in [-0.2, 0) is 16.1 Å². The lowest BCUT2D eigenvalue weighted by atomic mass is 10.1. The summed E-state index contributed by atoms with van der Waals surface area (Å²) in [6.45, 7) is 7.97. The summed E-state index contributed by atoms with van der Waals surface area (Å²) in [6, 6.07) is 10.3. The van der Waals surface area contributed by atoms with E-state index in [2.05, 4.69) is 53.8 Å². The lowest BCUT2D eigenvalue weighted by Crippen LogP contribution is -2.68. The fourth-order valence-corrected chi connectivity index (χ4v) is 3.32. The molecule has 1 aliphatic heterocycles. The highest BCUT2D eigenvalue weighted by molar-refractivity contribution is 6.27. The van der Waals surface area contributed by atoms with Gasteiger partial charge >= 0.3 is 11.9 Å². The average Bonchev–Trinajstić information content (AvgIpc) is 2.79. The number of hydrogen-bond donors (Lipinski definition) is 5. The Morgan fingerprint density at radius 1 is 0.794 bits per heavy atom. The van der Waals surface area contributed by atoms with Crippen LogP contribution in [0.5, 0.6) is 0 Å². The number of benzene rings is 1. The van der Waals surface area contributed by atoms with Crippen LogP contribution in [0.25, 0.3) is 0 Å². The van der Waals surface area contributed by atoms with Crippen molar-refractivity contribution in [3.63, 3.8) is 0 Å². The molecule has 190 valence electrons. The average molecular weight is 476 g/mol. The summed E-state index contributed by atoms with van der Waals surface area (Å²) in [5.74, 6) is -2.06. The molecule has 2 rings (SSSR count). The normalized spacial score (nSPS) is 16.6. The molecule has 9 heteroatoms. The number of guanidine groups is 2. The van der Waals surface area contributed by atoms with E-state index in [0.717, 1.165) is 24.9 Å². The van der Waals surface area contributed by atoms with Gasteiger partial charge in [-0.25, -0.2) is 14.6 Å². The van der Waals surface area contributed by atoms with E-state index in [1.54, 1.807) is 0 Å². The van der Waals surface area contributed by atoms with Crippen LogP contribution in [0.3, 0.4) is 0 Å². The summed E-state index contributed by atoms with van der Waals surface area (Å²) in [6.07, 6.45) is 12.0. The monoisotopic (exact) mass is 475 g/mol. The van der Waals surface area contributed by atoms with E-state index in [1.165, 1.54) is 56.9 Å². The number of nitrogens with one attached hydrogen (secondary N) is 3. The van der Waals surface area contributed by atoms with Crippen LogP contribution in [-0.4, -0.2) is 46.3 Å². The van der Waals surface area contributed by atoms with Gasteiger partial charge in [-0.1, -0.05) is 88.6 Å². The molecule has 0 aromatic heterocycles. The zero-order valence-electron chi connectivity index (χ0n) is 20.8. The molecule has 34 heavy (non-hydrogen) atoms. The molecular formula is C25H41N5O4. The van der Waals surface area contributed by atoms with E-state index < -0.39 is 11.9 Å². The molecule has 1 aliphatic rings. The van der Waals surface area contributed by atoms with E-state index in [4.69, 9.17) is 24.8 Å². The summed E-state index contributed by atoms with van der Waals surface area (Å²) in [5.41, 5.74) is 0.932. The highest BCUT2D eigenvalue weighted by Crippen LogP contribution is 2.10. The van der Waals surface area contributed by atoms with Crippen LogP contribution >= 0.6 is 0 Å². The molecule has 0 spiro atoms. The number of hydrogen-bond acceptors (Lipinski definition) is 4. The molecule has 5 N–H and O–H groups in total. The van der Waals surface area contributed by atoms with Crippen LogP contribution in [0.2, 0.25) is 0 Å². The Morgan fingerprint density at radius 3 is 1.82 bits per heavy atom. The summed E-state index contributed by atoms with van der Waals surface area (Å²) < 4.78 is 0. The number of unbranched alkanes of at least 4 members (excludes halogenated alkanes) is 8. The van der Waals surface area contributed by atoms with Gasteiger partial charge in [0.15, 0.2) is 11.9 Å². The van der Waals surface area contributed by atoms with Crippen LogP contribution in [0.4, 0.5) is 0 Å². The van der Waals surface area contributed by atoms with Gasteiger partial charge in [0.05, 0.1) is 6.54 Å². The Morgan fingerprint density at radius 2 is 1.29 bits per heavy atom. The predicted molar refractivity (Wildman–Crippen MR) is 136 cm³/mol. The molecule has 1 saturated heterocycles. The minimum Gasteiger partial charge on any atom is -0.473 e. The number of aliphatic imine (C=N–C) groups is 2. The molecule has 1 heterocycles. The fraction of sp³-hybridized carbons (Fsp3) is 0.600. The van der Waals surface area contributed by atoms with Crippen molar-refractivity contribution >= 4 is 23.9 Å². The van der Waals surface area contributed by atoms with Gasteiger partial charge in [0.1, 0.15) is 5.66 Å². The van der Waals surface area contributed by atoms with Gasteiger partial charge in [-0.15, -0.1) is 0 Å². The number of rotatable bonds is 12. The zero-order chi connectivity index (χ0) is 25.2. The van der Waals surface area contributed by atoms with Gasteiger partial charge in [0.2, 0.25) is 0 Å². The Bertz CT molecular complexity index is 782. The lowest BCUT2D eigenvalue weighted by Gasteiger charge is -2.36. The predicted octanol–water partition coefficient (Wildman–Crippen LogP) is 4.10. The molecular weight excluding hydrogens is 434 g/mol. The lowest BCUT2D eigenvalue weighted by molar-refractivity contribution is -0.159. The Kier molecular flexibility index (Phi) is 14.0. The first-order valence-electron chi connectivity index (χ1n) is 12.2. The molecule has 0 radical (unpaired) electrons. The third-order valence-corrected chi connectivity index (χ3v) is 5.08. The van der Waals surface area contributed by atoms with Gasteiger partial charge in [-0.05, 0) is 25.8 Å². The van der Waals surface area contributed by atoms with Crippen molar-refractivity contribution in [2.45, 2.75) is 90.8 Å². The Labute approximate surface area is 203 Å². The minimum atomic E-state index is -1.82. The summed E-state index contributed by atoms with van der Waals surface area (Å²) in [5, 5.41) is 24.8.